The number of nitrogens with zero attached hydrogens (tertiary/aromatic N) is 4. The summed E-state index contributed by atoms with van der Waals surface area (Å²) in [4.78, 5) is 4.36. The SMILES string of the molecule is Cc1nnc(CNC(=NCc2ccc(F)cc2C(F)(F)F)NC2CCCCC2)n1C.I. The summed E-state index contributed by atoms with van der Waals surface area (Å²) in [7, 11) is 1.84. The third kappa shape index (κ3) is 7.04. The van der Waals surface area contributed by atoms with Gasteiger partial charge in [0.15, 0.2) is 11.8 Å². The van der Waals surface area contributed by atoms with Crippen molar-refractivity contribution in [2.45, 2.75) is 64.3 Å². The van der Waals surface area contributed by atoms with Crippen LogP contribution in [0.1, 0.15) is 54.9 Å². The van der Waals surface area contributed by atoms with Crippen LogP contribution in [0, 0.1) is 12.7 Å². The minimum absolute atomic E-state index is 0. The van der Waals surface area contributed by atoms with Gasteiger partial charge in [-0.3, -0.25) is 0 Å². The van der Waals surface area contributed by atoms with E-state index >= 15 is 0 Å². The van der Waals surface area contributed by atoms with Gasteiger partial charge in [-0.25, -0.2) is 9.38 Å². The van der Waals surface area contributed by atoms with Gasteiger partial charge in [0.1, 0.15) is 11.6 Å². The highest BCUT2D eigenvalue weighted by Gasteiger charge is 2.33. The molecule has 1 aliphatic rings. The van der Waals surface area contributed by atoms with Crippen molar-refractivity contribution < 1.29 is 17.6 Å². The molecule has 2 aromatic rings. The van der Waals surface area contributed by atoms with Gasteiger partial charge in [0.05, 0.1) is 18.7 Å². The molecular formula is C20H27F4IN6. The quantitative estimate of drug-likeness (QED) is 0.248. The van der Waals surface area contributed by atoms with Gasteiger partial charge < -0.3 is 15.2 Å². The van der Waals surface area contributed by atoms with Crippen LogP contribution in [0.3, 0.4) is 0 Å². The fraction of sp³-hybridized carbons (Fsp3) is 0.550. The van der Waals surface area contributed by atoms with Crippen LogP contribution in [0.15, 0.2) is 23.2 Å². The van der Waals surface area contributed by atoms with Crippen molar-refractivity contribution in [1.82, 2.24) is 25.4 Å². The molecule has 6 nitrogen and oxygen atoms in total. The second-order valence-corrected chi connectivity index (χ2v) is 7.52. The van der Waals surface area contributed by atoms with Gasteiger partial charge >= 0.3 is 6.18 Å². The number of hydrogen-bond donors (Lipinski definition) is 2. The summed E-state index contributed by atoms with van der Waals surface area (Å²) in [5.41, 5.74) is -1.09. The monoisotopic (exact) mass is 554 g/mol. The molecule has 3 rings (SSSR count). The van der Waals surface area contributed by atoms with Crippen molar-refractivity contribution in [2.75, 3.05) is 0 Å². The molecular weight excluding hydrogens is 527 g/mol. The van der Waals surface area contributed by atoms with E-state index in [1.54, 1.807) is 0 Å². The molecule has 0 radical (unpaired) electrons. The van der Waals surface area contributed by atoms with E-state index in [0.29, 0.717) is 24.4 Å². The fourth-order valence-corrected chi connectivity index (χ4v) is 3.48. The third-order valence-corrected chi connectivity index (χ3v) is 5.33. The second-order valence-electron chi connectivity index (χ2n) is 7.52. The van der Waals surface area contributed by atoms with Gasteiger partial charge in [0.2, 0.25) is 0 Å². The first-order chi connectivity index (χ1) is 14.2. The van der Waals surface area contributed by atoms with Gasteiger partial charge in [-0.1, -0.05) is 25.3 Å². The minimum Gasteiger partial charge on any atom is -0.354 e. The zero-order valence-corrected chi connectivity index (χ0v) is 19.8. The molecule has 1 fully saturated rings. The van der Waals surface area contributed by atoms with Gasteiger partial charge in [0, 0.05) is 13.1 Å². The molecule has 0 atom stereocenters. The Morgan fingerprint density at radius 2 is 1.90 bits per heavy atom. The molecule has 1 heterocycles. The van der Waals surface area contributed by atoms with Crippen LogP contribution >= 0.6 is 24.0 Å². The van der Waals surface area contributed by atoms with Crippen LogP contribution in [-0.4, -0.2) is 26.8 Å². The van der Waals surface area contributed by atoms with Crippen LogP contribution in [0.2, 0.25) is 0 Å². The van der Waals surface area contributed by atoms with E-state index in [4.69, 9.17) is 0 Å². The maximum atomic E-state index is 13.4. The van der Waals surface area contributed by atoms with Crippen LogP contribution in [0.4, 0.5) is 17.6 Å². The number of aromatic nitrogens is 3. The van der Waals surface area contributed by atoms with E-state index in [2.05, 4.69) is 25.8 Å². The number of nitrogens with one attached hydrogen (secondary N) is 2. The molecule has 0 aliphatic heterocycles. The maximum Gasteiger partial charge on any atom is 0.416 e. The maximum absolute atomic E-state index is 13.4. The Labute approximate surface area is 195 Å². The Morgan fingerprint density at radius 3 is 2.52 bits per heavy atom. The molecule has 2 N–H and O–H groups in total. The first-order valence-electron chi connectivity index (χ1n) is 9.99. The molecule has 172 valence electrons. The molecule has 0 spiro atoms. The van der Waals surface area contributed by atoms with Crippen molar-refractivity contribution in [3.63, 3.8) is 0 Å². The molecule has 31 heavy (non-hydrogen) atoms. The lowest BCUT2D eigenvalue weighted by Crippen LogP contribution is -2.44. The zero-order valence-electron chi connectivity index (χ0n) is 17.5. The highest BCUT2D eigenvalue weighted by molar-refractivity contribution is 14.0. The summed E-state index contributed by atoms with van der Waals surface area (Å²) in [5, 5.41) is 14.5. The molecule has 0 amide bonds. The second kappa shape index (κ2) is 11.1. The number of aryl methyl sites for hydroxylation is 1. The van der Waals surface area contributed by atoms with E-state index in [1.807, 2.05) is 18.5 Å². The number of alkyl halides is 3. The summed E-state index contributed by atoms with van der Waals surface area (Å²) in [6.45, 7) is 1.93. The Bertz CT molecular complexity index is 890. The Hall–Kier alpha value is -1.92. The molecule has 0 bridgehead atoms. The average molecular weight is 554 g/mol. The number of halogens is 5. The number of guanidine groups is 1. The molecule has 1 aliphatic carbocycles. The highest BCUT2D eigenvalue weighted by Crippen LogP contribution is 2.32. The van der Waals surface area contributed by atoms with Gasteiger partial charge in [-0.2, -0.15) is 13.2 Å². The van der Waals surface area contributed by atoms with Crippen molar-refractivity contribution in [1.29, 1.82) is 0 Å². The largest absolute Gasteiger partial charge is 0.416 e. The summed E-state index contributed by atoms with van der Waals surface area (Å²) in [5.74, 6) is 0.918. The molecule has 1 saturated carbocycles. The molecule has 11 heteroatoms. The smallest absolute Gasteiger partial charge is 0.354 e. The van der Waals surface area contributed by atoms with Gasteiger partial charge in [0.25, 0.3) is 0 Å². The first-order valence-corrected chi connectivity index (χ1v) is 9.99. The van der Waals surface area contributed by atoms with Crippen LogP contribution in [0.25, 0.3) is 0 Å². The van der Waals surface area contributed by atoms with E-state index in [-0.39, 0.29) is 42.1 Å². The summed E-state index contributed by atoms with van der Waals surface area (Å²) in [6.07, 6.45) is 0.698. The lowest BCUT2D eigenvalue weighted by molar-refractivity contribution is -0.138. The fourth-order valence-electron chi connectivity index (χ4n) is 3.48. The van der Waals surface area contributed by atoms with E-state index in [9.17, 15) is 17.6 Å². The lowest BCUT2D eigenvalue weighted by Gasteiger charge is -2.25. The Kier molecular flexibility index (Phi) is 9.07. The highest BCUT2D eigenvalue weighted by atomic mass is 127. The normalized spacial score (nSPS) is 15.5. The van der Waals surface area contributed by atoms with Crippen LogP contribution < -0.4 is 10.6 Å². The topological polar surface area (TPSA) is 67.1 Å². The van der Waals surface area contributed by atoms with Crippen LogP contribution in [-0.2, 0) is 26.3 Å². The number of aliphatic imine (C=N–C) groups is 1. The van der Waals surface area contributed by atoms with Crippen molar-refractivity contribution in [2.24, 2.45) is 12.0 Å². The summed E-state index contributed by atoms with van der Waals surface area (Å²) >= 11 is 0. The minimum atomic E-state index is -4.65. The number of benzene rings is 1. The predicted molar refractivity (Wildman–Crippen MR) is 121 cm³/mol. The Morgan fingerprint density at radius 1 is 1.19 bits per heavy atom. The van der Waals surface area contributed by atoms with E-state index in [0.717, 1.165) is 43.6 Å². The van der Waals surface area contributed by atoms with Crippen LogP contribution in [0.5, 0.6) is 0 Å². The molecule has 1 aromatic heterocycles. The van der Waals surface area contributed by atoms with Crippen molar-refractivity contribution in [3.05, 3.63) is 46.8 Å². The first kappa shape index (κ1) is 25.3. The van der Waals surface area contributed by atoms with Crippen molar-refractivity contribution >= 4 is 29.9 Å². The molecule has 1 aromatic carbocycles. The lowest BCUT2D eigenvalue weighted by atomic mass is 9.96. The number of rotatable bonds is 5. The summed E-state index contributed by atoms with van der Waals surface area (Å²) < 4.78 is 55.0. The standard InChI is InChI=1S/C20H26F4N6.HI/c1-13-28-29-18(30(13)2)12-26-19(27-16-6-4-3-5-7-16)25-11-14-8-9-15(21)10-17(14)20(22,23)24;/h8-10,16H,3-7,11-12H2,1-2H3,(H2,25,26,27);1H. The zero-order chi connectivity index (χ0) is 21.7. The van der Waals surface area contributed by atoms with Gasteiger partial charge in [-0.15, -0.1) is 34.2 Å². The molecule has 0 unspecified atom stereocenters. The Balaban J connectivity index is 0.00000341. The molecule has 0 saturated heterocycles. The summed E-state index contributed by atoms with van der Waals surface area (Å²) in [6, 6.07) is 2.87. The number of hydrogen-bond acceptors (Lipinski definition) is 3. The van der Waals surface area contributed by atoms with Crippen molar-refractivity contribution in [3.8, 4) is 0 Å². The van der Waals surface area contributed by atoms with E-state index in [1.165, 1.54) is 6.42 Å². The predicted octanol–water partition coefficient (Wildman–Crippen LogP) is 4.47. The third-order valence-electron chi connectivity index (χ3n) is 5.33. The average Bonchev–Trinajstić information content (AvgIpc) is 3.03. The van der Waals surface area contributed by atoms with Gasteiger partial charge in [-0.05, 0) is 37.5 Å². The van der Waals surface area contributed by atoms with E-state index < -0.39 is 17.6 Å².